The Balaban J connectivity index is 1.15. The fourth-order valence-electron chi connectivity index (χ4n) is 7.85. The van der Waals surface area contributed by atoms with E-state index in [1.54, 1.807) is 0 Å². The number of allylic oxidation sites excluding steroid dienone is 4. The van der Waals surface area contributed by atoms with Crippen molar-refractivity contribution in [3.8, 4) is 56.4 Å². The number of hydrogen-bond acceptors (Lipinski definition) is 3. The van der Waals surface area contributed by atoms with E-state index in [0.29, 0.717) is 23.4 Å². The summed E-state index contributed by atoms with van der Waals surface area (Å²) in [6, 6.07) is 53.6. The van der Waals surface area contributed by atoms with E-state index >= 15 is 0 Å². The summed E-state index contributed by atoms with van der Waals surface area (Å²) in [5.74, 6) is 2.39. The summed E-state index contributed by atoms with van der Waals surface area (Å²) in [4.78, 5) is 15.4. The zero-order chi connectivity index (χ0) is 34.4. The lowest BCUT2D eigenvalue weighted by Gasteiger charge is -2.24. The Kier molecular flexibility index (Phi) is 7.62. The number of rotatable bonds is 6. The van der Waals surface area contributed by atoms with Crippen LogP contribution in [0.4, 0.5) is 0 Å². The molecule has 0 radical (unpaired) electrons. The fourth-order valence-corrected chi connectivity index (χ4v) is 7.85. The lowest BCUT2D eigenvalue weighted by Crippen LogP contribution is -2.17. The van der Waals surface area contributed by atoms with E-state index in [9.17, 15) is 0 Å². The Morgan fingerprint density at radius 2 is 1.04 bits per heavy atom. The molecule has 0 saturated carbocycles. The Hall–Kier alpha value is -6.19. The molecule has 0 amide bonds. The van der Waals surface area contributed by atoms with Crippen LogP contribution in [-0.2, 0) is 5.41 Å². The van der Waals surface area contributed by atoms with Crippen LogP contribution in [0.5, 0.6) is 0 Å². The van der Waals surface area contributed by atoms with Gasteiger partial charge in [-0.25, -0.2) is 15.0 Å². The van der Waals surface area contributed by atoms with Gasteiger partial charge in [0.05, 0.1) is 0 Å². The SMILES string of the molecule is CC1(C)c2ccc(C3=CC(c4ccccc4)CC=C3)cc2-c2cccc(-c3nc(-c4ccccc4)nc(-c4ccc(-c5ccccc5)cc4)n3)c21. The van der Waals surface area contributed by atoms with Crippen molar-refractivity contribution in [2.24, 2.45) is 0 Å². The van der Waals surface area contributed by atoms with Gasteiger partial charge in [-0.3, -0.25) is 0 Å². The Labute approximate surface area is 299 Å². The minimum atomic E-state index is -0.250. The third-order valence-corrected chi connectivity index (χ3v) is 10.5. The molecule has 0 saturated heterocycles. The van der Waals surface area contributed by atoms with E-state index in [1.807, 2.05) is 24.3 Å². The number of nitrogens with zero attached hydrogens (tertiary/aromatic N) is 3. The summed E-state index contributed by atoms with van der Waals surface area (Å²) in [6.07, 6.45) is 8.04. The normalized spacial score (nSPS) is 15.6. The number of aromatic nitrogens is 3. The van der Waals surface area contributed by atoms with Gasteiger partial charge in [0.1, 0.15) is 0 Å². The molecule has 3 heteroatoms. The van der Waals surface area contributed by atoms with E-state index in [-0.39, 0.29) is 5.41 Å². The summed E-state index contributed by atoms with van der Waals surface area (Å²) in [6.45, 7) is 4.66. The first-order chi connectivity index (χ1) is 25.0. The molecule has 3 nitrogen and oxygen atoms in total. The molecule has 6 aromatic carbocycles. The maximum absolute atomic E-state index is 5.20. The molecule has 0 spiro atoms. The molecule has 0 bridgehead atoms. The minimum Gasteiger partial charge on any atom is -0.208 e. The van der Waals surface area contributed by atoms with Crippen molar-refractivity contribution < 1.29 is 0 Å². The van der Waals surface area contributed by atoms with Gasteiger partial charge in [-0.05, 0) is 62.6 Å². The van der Waals surface area contributed by atoms with E-state index in [2.05, 4.69) is 159 Å². The lowest BCUT2D eigenvalue weighted by atomic mass is 9.79. The van der Waals surface area contributed by atoms with Gasteiger partial charge in [0.25, 0.3) is 0 Å². The molecule has 1 unspecified atom stereocenters. The average molecular weight is 656 g/mol. The molecule has 1 atom stereocenters. The molecule has 0 aliphatic heterocycles. The van der Waals surface area contributed by atoms with Crippen LogP contribution in [0.15, 0.2) is 170 Å². The Morgan fingerprint density at radius 3 is 1.75 bits per heavy atom. The Morgan fingerprint density at radius 1 is 0.490 bits per heavy atom. The largest absolute Gasteiger partial charge is 0.208 e. The molecular weight excluding hydrogens is 619 g/mol. The van der Waals surface area contributed by atoms with Crippen molar-refractivity contribution in [1.82, 2.24) is 15.0 Å². The molecule has 9 rings (SSSR count). The van der Waals surface area contributed by atoms with E-state index in [0.717, 1.165) is 28.7 Å². The minimum absolute atomic E-state index is 0.250. The van der Waals surface area contributed by atoms with Crippen LogP contribution in [0.1, 0.15) is 48.4 Å². The van der Waals surface area contributed by atoms with Crippen molar-refractivity contribution in [1.29, 1.82) is 0 Å². The lowest BCUT2D eigenvalue weighted by molar-refractivity contribution is 0.661. The summed E-state index contributed by atoms with van der Waals surface area (Å²) < 4.78 is 0. The molecule has 2 aliphatic rings. The van der Waals surface area contributed by atoms with E-state index in [4.69, 9.17) is 15.0 Å². The maximum Gasteiger partial charge on any atom is 0.164 e. The molecule has 1 heterocycles. The van der Waals surface area contributed by atoms with Crippen LogP contribution in [0.25, 0.3) is 62.0 Å². The van der Waals surface area contributed by atoms with E-state index < -0.39 is 0 Å². The zero-order valence-electron chi connectivity index (χ0n) is 28.8. The second-order valence-corrected chi connectivity index (χ2v) is 14.0. The number of benzene rings is 6. The highest BCUT2D eigenvalue weighted by atomic mass is 15.0. The number of hydrogen-bond donors (Lipinski definition) is 0. The van der Waals surface area contributed by atoms with Crippen LogP contribution in [0, 0.1) is 0 Å². The highest BCUT2D eigenvalue weighted by Crippen LogP contribution is 2.52. The van der Waals surface area contributed by atoms with Crippen LogP contribution >= 0.6 is 0 Å². The van der Waals surface area contributed by atoms with Crippen molar-refractivity contribution in [2.75, 3.05) is 0 Å². The van der Waals surface area contributed by atoms with Crippen LogP contribution in [0.2, 0.25) is 0 Å². The fraction of sp³-hybridized carbons (Fsp3) is 0.104. The zero-order valence-corrected chi connectivity index (χ0v) is 28.8. The third kappa shape index (κ3) is 5.61. The van der Waals surface area contributed by atoms with Gasteiger partial charge < -0.3 is 0 Å². The molecule has 2 aliphatic carbocycles. The van der Waals surface area contributed by atoms with Gasteiger partial charge in [-0.15, -0.1) is 0 Å². The molecule has 51 heavy (non-hydrogen) atoms. The average Bonchev–Trinajstić information content (AvgIpc) is 3.44. The van der Waals surface area contributed by atoms with Crippen LogP contribution in [-0.4, -0.2) is 15.0 Å². The summed E-state index contributed by atoms with van der Waals surface area (Å²) in [7, 11) is 0. The molecule has 0 fully saturated rings. The van der Waals surface area contributed by atoms with Crippen molar-refractivity contribution in [3.63, 3.8) is 0 Å². The summed E-state index contributed by atoms with van der Waals surface area (Å²) in [5, 5.41) is 0. The van der Waals surface area contributed by atoms with Crippen LogP contribution < -0.4 is 0 Å². The first kappa shape index (κ1) is 30.8. The van der Waals surface area contributed by atoms with Crippen molar-refractivity contribution in [3.05, 3.63) is 192 Å². The standard InChI is InChI=1S/C48H37N3/c1-48(2)43-29-28-39(38-21-12-20-37(30-38)33-16-8-4-9-17-33)31-42(43)40-22-13-23-41(44(40)48)47-50-45(35-18-10-5-11-19-35)49-46(51-47)36-26-24-34(25-27-36)32-14-6-3-7-15-32/h3-19,21-31,37H,20H2,1-2H3. The summed E-state index contributed by atoms with van der Waals surface area (Å²) >= 11 is 0. The second-order valence-electron chi connectivity index (χ2n) is 14.0. The molecule has 244 valence electrons. The van der Waals surface area contributed by atoms with Crippen molar-refractivity contribution in [2.45, 2.75) is 31.6 Å². The molecule has 7 aromatic rings. The van der Waals surface area contributed by atoms with Gasteiger partial charge in [-0.1, -0.05) is 178 Å². The van der Waals surface area contributed by atoms with Gasteiger partial charge >= 0.3 is 0 Å². The predicted octanol–water partition coefficient (Wildman–Crippen LogP) is 12.0. The second kappa shape index (κ2) is 12.6. The van der Waals surface area contributed by atoms with Crippen LogP contribution in [0.3, 0.4) is 0 Å². The van der Waals surface area contributed by atoms with Gasteiger partial charge in [0, 0.05) is 28.0 Å². The highest BCUT2D eigenvalue weighted by Gasteiger charge is 2.38. The number of fused-ring (bicyclic) bond motifs is 3. The van der Waals surface area contributed by atoms with Gasteiger partial charge in [0.2, 0.25) is 0 Å². The summed E-state index contributed by atoms with van der Waals surface area (Å²) in [5.41, 5.74) is 14.0. The monoisotopic (exact) mass is 655 g/mol. The topological polar surface area (TPSA) is 38.7 Å². The Bertz CT molecular complexity index is 2440. The maximum atomic E-state index is 5.20. The van der Waals surface area contributed by atoms with E-state index in [1.165, 1.54) is 44.5 Å². The molecule has 0 N–H and O–H groups in total. The first-order valence-electron chi connectivity index (χ1n) is 17.7. The third-order valence-electron chi connectivity index (χ3n) is 10.5. The van der Waals surface area contributed by atoms with Gasteiger partial charge in [-0.2, -0.15) is 0 Å². The van der Waals surface area contributed by atoms with Crippen molar-refractivity contribution >= 4 is 5.57 Å². The van der Waals surface area contributed by atoms with Gasteiger partial charge in [0.15, 0.2) is 17.5 Å². The quantitative estimate of drug-likeness (QED) is 0.179. The molecule has 1 aromatic heterocycles. The molecular formula is C48H37N3. The highest BCUT2D eigenvalue weighted by molar-refractivity contribution is 5.90. The smallest absolute Gasteiger partial charge is 0.164 e. The predicted molar refractivity (Wildman–Crippen MR) is 210 cm³/mol. The first-order valence-corrected chi connectivity index (χ1v) is 17.7.